The van der Waals surface area contributed by atoms with Gasteiger partial charge < -0.3 is 5.32 Å². The van der Waals surface area contributed by atoms with Crippen LogP contribution in [0.1, 0.15) is 18.4 Å². The summed E-state index contributed by atoms with van der Waals surface area (Å²) in [6.45, 7) is 4.67. The van der Waals surface area contributed by atoms with Gasteiger partial charge in [0.05, 0.1) is 0 Å². The van der Waals surface area contributed by atoms with Gasteiger partial charge in [-0.3, -0.25) is 4.79 Å². The SMILES string of the molecule is C=Cc1cccc2ccccc12.O=C1CCCN1. The molecule has 1 aliphatic rings. The maximum absolute atomic E-state index is 10.1. The molecule has 18 heavy (non-hydrogen) atoms. The summed E-state index contributed by atoms with van der Waals surface area (Å²) in [7, 11) is 0. The van der Waals surface area contributed by atoms with Crippen LogP contribution in [-0.4, -0.2) is 12.5 Å². The third-order valence-electron chi connectivity index (χ3n) is 2.95. The minimum atomic E-state index is 0.204. The molecule has 2 heteroatoms. The molecule has 2 aromatic rings. The number of fused-ring (bicyclic) bond motifs is 1. The Labute approximate surface area is 107 Å². The molecule has 0 radical (unpaired) electrons. The molecule has 0 unspecified atom stereocenters. The van der Waals surface area contributed by atoms with E-state index in [9.17, 15) is 4.79 Å². The first-order valence-electron chi connectivity index (χ1n) is 6.18. The molecule has 0 aromatic heterocycles. The highest BCUT2D eigenvalue weighted by atomic mass is 16.1. The molecule has 2 aromatic carbocycles. The molecule has 0 atom stereocenters. The standard InChI is InChI=1S/C12H10.C4H7NO/c1-2-10-7-5-8-11-6-3-4-9-12(10)11;6-4-2-1-3-5-4/h2-9H,1H2;1-3H2,(H,5,6). The van der Waals surface area contributed by atoms with Gasteiger partial charge in [-0.05, 0) is 22.8 Å². The second kappa shape index (κ2) is 6.01. The highest BCUT2D eigenvalue weighted by molar-refractivity contribution is 5.90. The maximum atomic E-state index is 10.1. The molecule has 0 aliphatic carbocycles. The monoisotopic (exact) mass is 239 g/mol. The van der Waals surface area contributed by atoms with Gasteiger partial charge in [0.2, 0.25) is 5.91 Å². The van der Waals surface area contributed by atoms with Crippen molar-refractivity contribution in [1.29, 1.82) is 0 Å². The summed E-state index contributed by atoms with van der Waals surface area (Å²) in [5, 5.41) is 5.23. The topological polar surface area (TPSA) is 29.1 Å². The number of nitrogens with one attached hydrogen (secondary N) is 1. The van der Waals surface area contributed by atoms with Crippen LogP contribution in [0, 0.1) is 0 Å². The summed E-state index contributed by atoms with van der Waals surface area (Å²) in [5.74, 6) is 0.204. The number of hydrogen-bond acceptors (Lipinski definition) is 1. The van der Waals surface area contributed by atoms with Crippen molar-refractivity contribution in [2.24, 2.45) is 0 Å². The molecule has 1 fully saturated rings. The van der Waals surface area contributed by atoms with Crippen LogP contribution in [0.2, 0.25) is 0 Å². The molecule has 0 saturated carbocycles. The molecule has 92 valence electrons. The van der Waals surface area contributed by atoms with Gasteiger partial charge in [0.1, 0.15) is 0 Å². The summed E-state index contributed by atoms with van der Waals surface area (Å²) in [6.07, 6.45) is 3.65. The second-order valence-electron chi connectivity index (χ2n) is 4.23. The number of benzene rings is 2. The molecule has 1 aliphatic heterocycles. The zero-order chi connectivity index (χ0) is 12.8. The van der Waals surface area contributed by atoms with Gasteiger partial charge in [0, 0.05) is 13.0 Å². The summed E-state index contributed by atoms with van der Waals surface area (Å²) < 4.78 is 0. The van der Waals surface area contributed by atoms with Crippen LogP contribution >= 0.6 is 0 Å². The molecular formula is C16H17NO. The van der Waals surface area contributed by atoms with Crippen molar-refractivity contribution < 1.29 is 4.79 Å². The first-order valence-corrected chi connectivity index (χ1v) is 6.18. The Bertz CT molecular complexity index is 547. The Morgan fingerprint density at radius 2 is 1.89 bits per heavy atom. The molecule has 0 bridgehead atoms. The Kier molecular flexibility index (Phi) is 4.13. The van der Waals surface area contributed by atoms with Crippen LogP contribution in [0.4, 0.5) is 0 Å². The molecule has 1 heterocycles. The van der Waals surface area contributed by atoms with Crippen LogP contribution in [0.5, 0.6) is 0 Å². The molecule has 2 nitrogen and oxygen atoms in total. The second-order valence-corrected chi connectivity index (χ2v) is 4.23. The van der Waals surface area contributed by atoms with Crippen LogP contribution in [0.15, 0.2) is 49.0 Å². The van der Waals surface area contributed by atoms with E-state index in [2.05, 4.69) is 54.4 Å². The van der Waals surface area contributed by atoms with E-state index in [4.69, 9.17) is 0 Å². The molecule has 1 saturated heterocycles. The summed E-state index contributed by atoms with van der Waals surface area (Å²) in [6, 6.07) is 14.6. The van der Waals surface area contributed by atoms with E-state index in [1.54, 1.807) is 0 Å². The number of amides is 1. The molecule has 1 N–H and O–H groups in total. The quantitative estimate of drug-likeness (QED) is 0.812. The van der Waals surface area contributed by atoms with Gasteiger partial charge in [-0.25, -0.2) is 0 Å². The first kappa shape index (κ1) is 12.4. The first-order chi connectivity index (χ1) is 8.81. The van der Waals surface area contributed by atoms with E-state index in [0.29, 0.717) is 0 Å². The molecule has 1 amide bonds. The van der Waals surface area contributed by atoms with E-state index < -0.39 is 0 Å². The van der Waals surface area contributed by atoms with Gasteiger partial charge >= 0.3 is 0 Å². The zero-order valence-electron chi connectivity index (χ0n) is 10.4. The van der Waals surface area contributed by atoms with Crippen molar-refractivity contribution in [2.45, 2.75) is 12.8 Å². The fourth-order valence-corrected chi connectivity index (χ4v) is 1.99. The Morgan fingerprint density at radius 3 is 2.50 bits per heavy atom. The average Bonchev–Trinajstić information content (AvgIpc) is 2.90. The summed E-state index contributed by atoms with van der Waals surface area (Å²) in [4.78, 5) is 10.1. The van der Waals surface area contributed by atoms with Crippen molar-refractivity contribution in [3.8, 4) is 0 Å². The lowest BCUT2D eigenvalue weighted by molar-refractivity contribution is -0.119. The maximum Gasteiger partial charge on any atom is 0.220 e. The summed E-state index contributed by atoms with van der Waals surface area (Å²) in [5.41, 5.74) is 1.20. The van der Waals surface area contributed by atoms with E-state index in [1.807, 2.05) is 6.08 Å². The van der Waals surface area contributed by atoms with Crippen LogP contribution in [-0.2, 0) is 4.79 Å². The number of hydrogen-bond donors (Lipinski definition) is 1. The lowest BCUT2D eigenvalue weighted by Gasteiger charge is -1.99. The van der Waals surface area contributed by atoms with Gasteiger partial charge in [-0.15, -0.1) is 0 Å². The highest BCUT2D eigenvalue weighted by Gasteiger charge is 2.05. The third-order valence-corrected chi connectivity index (χ3v) is 2.95. The van der Waals surface area contributed by atoms with Crippen LogP contribution in [0.3, 0.4) is 0 Å². The van der Waals surface area contributed by atoms with Crippen LogP contribution < -0.4 is 5.32 Å². The van der Waals surface area contributed by atoms with Crippen molar-refractivity contribution >= 4 is 22.8 Å². The lowest BCUT2D eigenvalue weighted by Crippen LogP contribution is -2.12. The third kappa shape index (κ3) is 2.98. The van der Waals surface area contributed by atoms with Gasteiger partial charge in [0.15, 0.2) is 0 Å². The van der Waals surface area contributed by atoms with E-state index in [-0.39, 0.29) is 5.91 Å². The number of rotatable bonds is 1. The number of carbonyl (C=O) groups is 1. The van der Waals surface area contributed by atoms with E-state index >= 15 is 0 Å². The number of carbonyl (C=O) groups excluding carboxylic acids is 1. The van der Waals surface area contributed by atoms with Crippen LogP contribution in [0.25, 0.3) is 16.8 Å². The zero-order valence-corrected chi connectivity index (χ0v) is 10.4. The minimum absolute atomic E-state index is 0.204. The predicted octanol–water partition coefficient (Wildman–Crippen LogP) is 3.38. The summed E-state index contributed by atoms with van der Waals surface area (Å²) >= 11 is 0. The average molecular weight is 239 g/mol. The fourth-order valence-electron chi connectivity index (χ4n) is 1.99. The van der Waals surface area contributed by atoms with Crippen molar-refractivity contribution in [3.63, 3.8) is 0 Å². The normalized spacial score (nSPS) is 13.7. The highest BCUT2D eigenvalue weighted by Crippen LogP contribution is 2.18. The minimum Gasteiger partial charge on any atom is -0.356 e. The Balaban J connectivity index is 0.000000169. The van der Waals surface area contributed by atoms with Crippen molar-refractivity contribution in [1.82, 2.24) is 5.32 Å². The van der Waals surface area contributed by atoms with Gasteiger partial charge in [-0.1, -0.05) is 55.1 Å². The Hall–Kier alpha value is -2.09. The van der Waals surface area contributed by atoms with Gasteiger partial charge in [0.25, 0.3) is 0 Å². The molecule has 0 spiro atoms. The van der Waals surface area contributed by atoms with Crippen molar-refractivity contribution in [2.75, 3.05) is 6.54 Å². The predicted molar refractivity (Wildman–Crippen MR) is 76.3 cm³/mol. The van der Waals surface area contributed by atoms with E-state index in [1.165, 1.54) is 16.3 Å². The van der Waals surface area contributed by atoms with Crippen molar-refractivity contribution in [3.05, 3.63) is 54.6 Å². The smallest absolute Gasteiger partial charge is 0.220 e. The van der Waals surface area contributed by atoms with Gasteiger partial charge in [-0.2, -0.15) is 0 Å². The van der Waals surface area contributed by atoms with E-state index in [0.717, 1.165) is 19.4 Å². The molecular weight excluding hydrogens is 222 g/mol. The Morgan fingerprint density at radius 1 is 1.11 bits per heavy atom. The lowest BCUT2D eigenvalue weighted by atomic mass is 10.1. The largest absolute Gasteiger partial charge is 0.356 e. The fraction of sp³-hybridized carbons (Fsp3) is 0.188. The molecule has 3 rings (SSSR count).